The first kappa shape index (κ1) is 41.1. The van der Waals surface area contributed by atoms with Gasteiger partial charge in [0.15, 0.2) is 0 Å². The molecule has 0 bridgehead atoms. The molecule has 0 spiro atoms. The predicted octanol–water partition coefficient (Wildman–Crippen LogP) is 20.1. The van der Waals surface area contributed by atoms with Crippen molar-refractivity contribution >= 4 is 77.5 Å². The summed E-state index contributed by atoms with van der Waals surface area (Å²) >= 11 is 0. The third-order valence-electron chi connectivity index (χ3n) is 15.9. The first-order valence-electron chi connectivity index (χ1n) is 28.6. The first-order valence-corrected chi connectivity index (χ1v) is 26.6. The number of fused-ring (bicyclic) bond motifs is 8. The fourth-order valence-electron chi connectivity index (χ4n) is 12.6. The Bertz CT molecular complexity index is 4740. The van der Waals surface area contributed by atoms with E-state index >= 15 is 0 Å². The van der Waals surface area contributed by atoms with Crippen molar-refractivity contribution in [3.05, 3.63) is 332 Å². The Morgan fingerprint density at radius 3 is 1.60 bits per heavy atom. The number of nitrogens with zero attached hydrogens (tertiary/aromatic N) is 3. The summed E-state index contributed by atoms with van der Waals surface area (Å²) in [5.74, 6) is 0. The van der Waals surface area contributed by atoms with Crippen molar-refractivity contribution in [2.45, 2.75) is 5.41 Å². The Labute approximate surface area is 460 Å². The predicted molar refractivity (Wildman–Crippen MR) is 328 cm³/mol. The lowest BCUT2D eigenvalue weighted by Crippen LogP contribution is -2.28. The molecule has 1 aromatic heterocycles. The molecule has 1 aliphatic carbocycles. The van der Waals surface area contributed by atoms with Gasteiger partial charge in [0.2, 0.25) is 0 Å². The van der Waals surface area contributed by atoms with Gasteiger partial charge in [0.05, 0.1) is 33.3 Å². The highest BCUT2D eigenvalue weighted by Crippen LogP contribution is 2.58. The number of para-hydroxylation sites is 3. The van der Waals surface area contributed by atoms with Crippen LogP contribution in [0.3, 0.4) is 0 Å². The minimum atomic E-state index is -0.630. The maximum atomic E-state index is 10.0. The van der Waals surface area contributed by atoms with Crippen molar-refractivity contribution in [3.63, 3.8) is 0 Å². The third kappa shape index (κ3) is 7.13. The summed E-state index contributed by atoms with van der Waals surface area (Å²) in [4.78, 5) is 4.24. The van der Waals surface area contributed by atoms with Gasteiger partial charge in [-0.05, 0) is 134 Å². The Balaban J connectivity index is 0.929. The average molecular weight is 998 g/mol. The van der Waals surface area contributed by atoms with Gasteiger partial charge in [-0.3, -0.25) is 0 Å². The van der Waals surface area contributed by atoms with Crippen LogP contribution in [0.1, 0.15) is 27.7 Å². The fraction of sp³-hybridized carbons (Fsp3) is 0.0133. The molecule has 0 fully saturated rings. The van der Waals surface area contributed by atoms with Gasteiger partial charge in [0.25, 0.3) is 0 Å². The van der Waals surface area contributed by atoms with Gasteiger partial charge in [-0.1, -0.05) is 230 Å². The normalized spacial score (nSPS) is 13.2. The van der Waals surface area contributed by atoms with Crippen LogP contribution in [-0.4, -0.2) is 4.57 Å². The Kier molecular flexibility index (Phi) is 9.77. The lowest BCUT2D eigenvalue weighted by atomic mass is 9.67. The van der Waals surface area contributed by atoms with Crippen LogP contribution in [0.5, 0.6) is 0 Å². The molecule has 0 amide bonds. The highest BCUT2D eigenvalue weighted by molar-refractivity contribution is 6.11. The molecule has 0 saturated heterocycles. The zero-order valence-corrected chi connectivity index (χ0v) is 42.5. The van der Waals surface area contributed by atoms with E-state index in [2.05, 4.69) is 216 Å². The summed E-state index contributed by atoms with van der Waals surface area (Å²) in [5, 5.41) is 6.05. The van der Waals surface area contributed by atoms with Crippen LogP contribution in [0.25, 0.3) is 71.3 Å². The molecule has 1 aliphatic rings. The van der Waals surface area contributed by atoms with Gasteiger partial charge >= 0.3 is 0 Å². The van der Waals surface area contributed by atoms with E-state index in [1.807, 2.05) is 83.8 Å². The fourth-order valence-corrected chi connectivity index (χ4v) is 12.6. The quantitative estimate of drug-likeness (QED) is 0.135. The zero-order valence-electron chi connectivity index (χ0n) is 46.5. The third-order valence-corrected chi connectivity index (χ3v) is 15.9. The number of benzene rings is 13. The zero-order chi connectivity index (χ0) is 55.1. The van der Waals surface area contributed by atoms with Crippen LogP contribution < -0.4 is 9.80 Å². The molecule has 78 heavy (non-hydrogen) atoms. The Hall–Kier alpha value is -10.2. The molecule has 1 heterocycles. The molecule has 0 unspecified atom stereocenters. The van der Waals surface area contributed by atoms with Crippen LogP contribution in [0.4, 0.5) is 34.1 Å². The maximum absolute atomic E-state index is 10.0. The van der Waals surface area contributed by atoms with E-state index in [0.717, 1.165) is 66.1 Å². The highest BCUT2D eigenvalue weighted by atomic mass is 15.2. The maximum Gasteiger partial charge on any atom is 0.0714 e. The topological polar surface area (TPSA) is 11.4 Å². The number of hydrogen-bond donors (Lipinski definition) is 0. The van der Waals surface area contributed by atoms with Gasteiger partial charge in [-0.15, -0.1) is 0 Å². The van der Waals surface area contributed by atoms with E-state index in [1.165, 1.54) is 33.4 Å². The molecule has 0 N–H and O–H groups in total. The molecule has 13 aromatic carbocycles. The molecule has 14 aromatic rings. The summed E-state index contributed by atoms with van der Waals surface area (Å²) in [6.07, 6.45) is 0. The molecular formula is C75H51N3. The van der Waals surface area contributed by atoms with Crippen LogP contribution in [0.2, 0.25) is 0 Å². The molecule has 3 nitrogen and oxygen atoms in total. The SMILES string of the molecule is [2H]c1c([2H])c(N(c2ccccc2)c2ccc3c4ccccc4n(-c4ccccc4)c3c2)c([2H])c([2H])c1-c1cccc2c(N(c3ccc4c(c3)C(c3ccccc3)(c3ccccc3)c3ccccc3-4)c3cccc4ccccc34)cccc12. The molecule has 0 radical (unpaired) electrons. The lowest BCUT2D eigenvalue weighted by Gasteiger charge is -2.35. The second-order valence-corrected chi connectivity index (χ2v) is 20.1. The average Bonchev–Trinajstić information content (AvgIpc) is 2.90. The van der Waals surface area contributed by atoms with Crippen molar-refractivity contribution in [2.24, 2.45) is 0 Å². The summed E-state index contributed by atoms with van der Waals surface area (Å²) in [5.41, 5.74) is 14.8. The van der Waals surface area contributed by atoms with Gasteiger partial charge in [0.1, 0.15) is 0 Å². The molecule has 0 aliphatic heterocycles. The highest BCUT2D eigenvalue weighted by Gasteiger charge is 2.46. The number of rotatable bonds is 10. The summed E-state index contributed by atoms with van der Waals surface area (Å²) in [6, 6.07) is 98.8. The van der Waals surface area contributed by atoms with Crippen molar-refractivity contribution in [1.82, 2.24) is 4.57 Å². The van der Waals surface area contributed by atoms with E-state index in [-0.39, 0.29) is 35.4 Å². The summed E-state index contributed by atoms with van der Waals surface area (Å²) in [6.45, 7) is 0. The standard InChI is InChI=1S/C75H51N3/c1-5-24-54(25-6-1)75(55-26-7-2-8-27-55)69-38-17-15-33-64(69)65-48-46-59(50-70(65)75)78(71-40-19-23-52-22-13-14-32-62(52)71)73-41-21-36-63-61(35-20-37-66(63)73)53-42-44-58(45-43-53)76(56-28-9-3-10-29-56)60-47-49-68-67-34-16-18-39-72(67)77(74(68)51-60)57-30-11-4-12-31-57/h1-51H/i42D,43D,44D,45D. The second-order valence-electron chi connectivity index (χ2n) is 20.1. The Morgan fingerprint density at radius 1 is 0.308 bits per heavy atom. The van der Waals surface area contributed by atoms with E-state index in [4.69, 9.17) is 0 Å². The van der Waals surface area contributed by atoms with E-state index in [9.17, 15) is 5.48 Å². The van der Waals surface area contributed by atoms with Crippen LogP contribution in [0.15, 0.2) is 309 Å². The monoisotopic (exact) mass is 997 g/mol. The van der Waals surface area contributed by atoms with Crippen LogP contribution >= 0.6 is 0 Å². The van der Waals surface area contributed by atoms with Crippen molar-refractivity contribution in [1.29, 1.82) is 0 Å². The van der Waals surface area contributed by atoms with Crippen molar-refractivity contribution < 1.29 is 5.48 Å². The van der Waals surface area contributed by atoms with Crippen molar-refractivity contribution in [2.75, 3.05) is 9.80 Å². The minimum Gasteiger partial charge on any atom is -0.310 e. The molecular weight excluding hydrogens is 943 g/mol. The number of anilines is 6. The summed E-state index contributed by atoms with van der Waals surface area (Å²) < 4.78 is 42.3. The summed E-state index contributed by atoms with van der Waals surface area (Å²) in [7, 11) is 0. The van der Waals surface area contributed by atoms with Gasteiger partial charge in [-0.2, -0.15) is 0 Å². The Morgan fingerprint density at radius 2 is 0.833 bits per heavy atom. The van der Waals surface area contributed by atoms with Crippen molar-refractivity contribution in [3.8, 4) is 27.9 Å². The number of aromatic nitrogens is 1. The largest absolute Gasteiger partial charge is 0.310 e. The van der Waals surface area contributed by atoms with E-state index in [0.29, 0.717) is 16.9 Å². The molecule has 366 valence electrons. The van der Waals surface area contributed by atoms with Gasteiger partial charge in [0, 0.05) is 50.0 Å². The van der Waals surface area contributed by atoms with Crippen LogP contribution in [0, 0.1) is 0 Å². The van der Waals surface area contributed by atoms with Gasteiger partial charge in [-0.25, -0.2) is 0 Å². The molecule has 0 saturated carbocycles. The second kappa shape index (κ2) is 18.6. The van der Waals surface area contributed by atoms with E-state index in [1.54, 1.807) is 0 Å². The lowest BCUT2D eigenvalue weighted by molar-refractivity contribution is 0.768. The molecule has 3 heteroatoms. The van der Waals surface area contributed by atoms with E-state index < -0.39 is 5.41 Å². The smallest absolute Gasteiger partial charge is 0.0714 e. The minimum absolute atomic E-state index is 0.128. The number of hydrogen-bond acceptors (Lipinski definition) is 2. The molecule has 15 rings (SSSR count). The molecule has 0 atom stereocenters. The van der Waals surface area contributed by atoms with Gasteiger partial charge < -0.3 is 14.4 Å². The van der Waals surface area contributed by atoms with Crippen LogP contribution in [-0.2, 0) is 5.41 Å². The first-order chi connectivity index (χ1) is 40.4.